The predicted octanol–water partition coefficient (Wildman–Crippen LogP) is 3.14. The van der Waals surface area contributed by atoms with Crippen LogP contribution < -0.4 is 11.1 Å². The lowest BCUT2D eigenvalue weighted by Gasteiger charge is -2.18. The first-order valence-electron chi connectivity index (χ1n) is 9.50. The zero-order valence-corrected chi connectivity index (χ0v) is 16.0. The highest BCUT2D eigenvalue weighted by Gasteiger charge is 2.17. The van der Waals surface area contributed by atoms with Crippen LogP contribution in [-0.4, -0.2) is 34.0 Å². The standard InChI is InChI=1S/C21H24F2N6/c22-16-10-15(11-17(23)12-16)19(20-5-1-2-7-26-20)6-9-28-21(24)27-8-3-4-18-13-25-14-29-18/h1-2,5,7,10-14,19H,3-4,6,8-9H2,(H,25,29)(H3,24,27,28). The molecule has 0 radical (unpaired) electrons. The van der Waals surface area contributed by atoms with Crippen LogP contribution in [-0.2, 0) is 6.42 Å². The van der Waals surface area contributed by atoms with Crippen LogP contribution in [0.2, 0.25) is 0 Å². The van der Waals surface area contributed by atoms with E-state index in [-0.39, 0.29) is 5.92 Å². The molecule has 1 aromatic carbocycles. The summed E-state index contributed by atoms with van der Waals surface area (Å²) in [6.45, 7) is 1.09. The number of aromatic nitrogens is 3. The number of aryl methyl sites for hydroxylation is 1. The summed E-state index contributed by atoms with van der Waals surface area (Å²) in [5.41, 5.74) is 8.28. The second kappa shape index (κ2) is 10.3. The number of hydrogen-bond acceptors (Lipinski definition) is 3. The lowest BCUT2D eigenvalue weighted by atomic mass is 9.91. The maximum atomic E-state index is 13.7. The monoisotopic (exact) mass is 398 g/mol. The molecule has 4 N–H and O–H groups in total. The second-order valence-electron chi connectivity index (χ2n) is 6.67. The smallest absolute Gasteiger partial charge is 0.188 e. The summed E-state index contributed by atoms with van der Waals surface area (Å²) in [5, 5.41) is 3.07. The Kier molecular flexibility index (Phi) is 7.27. The highest BCUT2D eigenvalue weighted by molar-refractivity contribution is 5.77. The number of rotatable bonds is 9. The normalized spacial score (nSPS) is 12.7. The van der Waals surface area contributed by atoms with Crippen LogP contribution in [0.3, 0.4) is 0 Å². The number of hydrogen-bond donors (Lipinski definition) is 3. The molecule has 8 heteroatoms. The van der Waals surface area contributed by atoms with Crippen molar-refractivity contribution in [2.75, 3.05) is 13.1 Å². The Labute approximate surface area is 168 Å². The third-order valence-electron chi connectivity index (χ3n) is 4.51. The van der Waals surface area contributed by atoms with E-state index in [1.54, 1.807) is 24.8 Å². The van der Waals surface area contributed by atoms with E-state index in [1.807, 2.05) is 12.1 Å². The number of imidazole rings is 1. The molecular formula is C21H24F2N6. The van der Waals surface area contributed by atoms with Gasteiger partial charge in [0.1, 0.15) is 11.6 Å². The Hall–Kier alpha value is -3.29. The van der Waals surface area contributed by atoms with Crippen molar-refractivity contribution in [3.8, 4) is 0 Å². The van der Waals surface area contributed by atoms with Crippen molar-refractivity contribution < 1.29 is 8.78 Å². The van der Waals surface area contributed by atoms with E-state index in [9.17, 15) is 8.78 Å². The fourth-order valence-corrected chi connectivity index (χ4v) is 3.13. The Balaban J connectivity index is 1.56. The number of guanidine groups is 1. The molecule has 1 unspecified atom stereocenters. The molecule has 0 aliphatic carbocycles. The summed E-state index contributed by atoms with van der Waals surface area (Å²) in [6.07, 6.45) is 7.37. The summed E-state index contributed by atoms with van der Waals surface area (Å²) in [5.74, 6) is -1.12. The van der Waals surface area contributed by atoms with Crippen molar-refractivity contribution >= 4 is 5.96 Å². The number of nitrogens with zero attached hydrogens (tertiary/aromatic N) is 3. The van der Waals surface area contributed by atoms with Crippen molar-refractivity contribution in [1.82, 2.24) is 20.3 Å². The number of aromatic amines is 1. The molecule has 3 aromatic rings. The van der Waals surface area contributed by atoms with E-state index in [4.69, 9.17) is 5.73 Å². The van der Waals surface area contributed by atoms with Crippen LogP contribution in [0.25, 0.3) is 0 Å². The molecule has 0 aliphatic rings. The molecule has 152 valence electrons. The van der Waals surface area contributed by atoms with Gasteiger partial charge in [0.25, 0.3) is 0 Å². The number of H-pyrrole nitrogens is 1. The van der Waals surface area contributed by atoms with Crippen LogP contribution in [0.1, 0.15) is 35.7 Å². The number of nitrogens with one attached hydrogen (secondary N) is 2. The van der Waals surface area contributed by atoms with Crippen LogP contribution in [0.4, 0.5) is 8.78 Å². The van der Waals surface area contributed by atoms with Gasteiger partial charge >= 0.3 is 0 Å². The fraction of sp³-hybridized carbons (Fsp3) is 0.286. The number of halogens is 2. The van der Waals surface area contributed by atoms with Gasteiger partial charge in [-0.25, -0.2) is 13.8 Å². The second-order valence-corrected chi connectivity index (χ2v) is 6.67. The van der Waals surface area contributed by atoms with Crippen molar-refractivity contribution in [3.63, 3.8) is 0 Å². The van der Waals surface area contributed by atoms with Gasteiger partial charge in [0.15, 0.2) is 5.96 Å². The summed E-state index contributed by atoms with van der Waals surface area (Å²) >= 11 is 0. The Bertz CT molecular complexity index is 892. The molecule has 29 heavy (non-hydrogen) atoms. The average molecular weight is 398 g/mol. The number of aliphatic imine (C=N–C) groups is 1. The molecule has 0 spiro atoms. The van der Waals surface area contributed by atoms with Crippen molar-refractivity contribution in [2.24, 2.45) is 10.7 Å². The van der Waals surface area contributed by atoms with E-state index in [0.717, 1.165) is 30.3 Å². The molecule has 2 aromatic heterocycles. The molecule has 3 rings (SSSR count). The quantitative estimate of drug-likeness (QED) is 0.293. The molecule has 1 atom stereocenters. The minimum Gasteiger partial charge on any atom is -0.370 e. The minimum absolute atomic E-state index is 0.262. The van der Waals surface area contributed by atoms with Gasteiger partial charge in [-0.2, -0.15) is 0 Å². The highest BCUT2D eigenvalue weighted by Crippen LogP contribution is 2.27. The predicted molar refractivity (Wildman–Crippen MR) is 108 cm³/mol. The SMILES string of the molecule is NC(=NCCCc1cnc[nH]1)NCCC(c1cc(F)cc(F)c1)c1ccccn1. The summed E-state index contributed by atoms with van der Waals surface area (Å²) < 4.78 is 27.4. The molecule has 6 nitrogen and oxygen atoms in total. The molecule has 0 aliphatic heterocycles. The Morgan fingerprint density at radius 1 is 1.21 bits per heavy atom. The first-order valence-corrected chi connectivity index (χ1v) is 9.50. The maximum Gasteiger partial charge on any atom is 0.188 e. The van der Waals surface area contributed by atoms with Gasteiger partial charge in [0, 0.05) is 48.9 Å². The third-order valence-corrected chi connectivity index (χ3v) is 4.51. The third kappa shape index (κ3) is 6.38. The van der Waals surface area contributed by atoms with Gasteiger partial charge in [-0.05, 0) is 49.1 Å². The van der Waals surface area contributed by atoms with Crippen molar-refractivity contribution in [3.05, 3.63) is 83.7 Å². The molecular weight excluding hydrogens is 374 g/mol. The Morgan fingerprint density at radius 2 is 2.03 bits per heavy atom. The van der Waals surface area contributed by atoms with Gasteiger partial charge in [-0.3, -0.25) is 9.98 Å². The minimum atomic E-state index is -0.604. The zero-order valence-electron chi connectivity index (χ0n) is 16.0. The molecule has 0 bridgehead atoms. The van der Waals surface area contributed by atoms with E-state index >= 15 is 0 Å². The average Bonchev–Trinajstić information content (AvgIpc) is 3.22. The molecule has 2 heterocycles. The number of pyridine rings is 1. The zero-order chi connectivity index (χ0) is 20.5. The van der Waals surface area contributed by atoms with Crippen molar-refractivity contribution in [1.29, 1.82) is 0 Å². The molecule has 0 saturated heterocycles. The van der Waals surface area contributed by atoms with E-state index < -0.39 is 11.6 Å². The number of benzene rings is 1. The van der Waals surface area contributed by atoms with Crippen LogP contribution >= 0.6 is 0 Å². The highest BCUT2D eigenvalue weighted by atomic mass is 19.1. The first-order chi connectivity index (χ1) is 14.1. The van der Waals surface area contributed by atoms with Gasteiger partial charge in [0.2, 0.25) is 0 Å². The molecule has 0 amide bonds. The van der Waals surface area contributed by atoms with Gasteiger partial charge < -0.3 is 16.0 Å². The number of nitrogens with two attached hydrogens (primary N) is 1. The molecule has 0 fully saturated rings. The van der Waals surface area contributed by atoms with Gasteiger partial charge in [-0.1, -0.05) is 6.07 Å². The van der Waals surface area contributed by atoms with Crippen molar-refractivity contribution in [2.45, 2.75) is 25.2 Å². The largest absolute Gasteiger partial charge is 0.370 e. The van der Waals surface area contributed by atoms with Crippen LogP contribution in [0, 0.1) is 11.6 Å². The van der Waals surface area contributed by atoms with Crippen LogP contribution in [0.15, 0.2) is 60.1 Å². The lowest BCUT2D eigenvalue weighted by molar-refractivity contribution is 0.572. The fourth-order valence-electron chi connectivity index (χ4n) is 3.13. The summed E-state index contributed by atoms with van der Waals surface area (Å²) in [6, 6.07) is 9.06. The van der Waals surface area contributed by atoms with Crippen LogP contribution in [0.5, 0.6) is 0 Å². The van der Waals surface area contributed by atoms with E-state index in [0.29, 0.717) is 31.0 Å². The topological polar surface area (TPSA) is 92.0 Å². The van der Waals surface area contributed by atoms with E-state index in [1.165, 1.54) is 12.1 Å². The molecule has 0 saturated carbocycles. The van der Waals surface area contributed by atoms with Gasteiger partial charge in [0.05, 0.1) is 6.33 Å². The summed E-state index contributed by atoms with van der Waals surface area (Å²) in [4.78, 5) is 15.7. The maximum absolute atomic E-state index is 13.7. The Morgan fingerprint density at radius 3 is 2.72 bits per heavy atom. The van der Waals surface area contributed by atoms with Gasteiger partial charge in [-0.15, -0.1) is 0 Å². The first kappa shape index (κ1) is 20.4. The van der Waals surface area contributed by atoms with E-state index in [2.05, 4.69) is 25.3 Å². The summed E-state index contributed by atoms with van der Waals surface area (Å²) in [7, 11) is 0. The lowest BCUT2D eigenvalue weighted by Crippen LogP contribution is -2.33.